The number of aryl methyl sites for hydroxylation is 1. The molecule has 138 valence electrons. The number of nitrogens with one attached hydrogen (secondary N) is 1. The van der Waals surface area contributed by atoms with Crippen molar-refractivity contribution in [3.63, 3.8) is 0 Å². The van der Waals surface area contributed by atoms with Gasteiger partial charge in [-0.3, -0.25) is 4.79 Å². The first-order valence-electron chi connectivity index (χ1n) is 8.33. The summed E-state index contributed by atoms with van der Waals surface area (Å²) in [5, 5.41) is 11.4. The molecule has 2 rings (SSSR count). The maximum absolute atomic E-state index is 12.1. The van der Waals surface area contributed by atoms with Gasteiger partial charge in [-0.1, -0.05) is 26.0 Å². The van der Waals surface area contributed by atoms with Gasteiger partial charge in [-0.25, -0.2) is 4.79 Å². The topological polar surface area (TPSA) is 84.9 Å². The molecule has 0 aliphatic carbocycles. The second-order valence-electron chi connectivity index (χ2n) is 6.22. The predicted molar refractivity (Wildman–Crippen MR) is 99.0 cm³/mol. The van der Waals surface area contributed by atoms with Crippen molar-refractivity contribution in [2.24, 2.45) is 0 Å². The van der Waals surface area contributed by atoms with E-state index in [-0.39, 0.29) is 12.5 Å². The summed E-state index contributed by atoms with van der Waals surface area (Å²) in [7, 11) is 0. The van der Waals surface area contributed by atoms with Gasteiger partial charge >= 0.3 is 5.97 Å². The molecule has 6 heteroatoms. The highest BCUT2D eigenvalue weighted by Gasteiger charge is 2.08. The van der Waals surface area contributed by atoms with Gasteiger partial charge in [0.1, 0.15) is 11.5 Å². The van der Waals surface area contributed by atoms with E-state index >= 15 is 0 Å². The Morgan fingerprint density at radius 1 is 1.00 bits per heavy atom. The van der Waals surface area contributed by atoms with E-state index in [0.717, 1.165) is 5.56 Å². The Labute approximate surface area is 152 Å². The highest BCUT2D eigenvalue weighted by atomic mass is 16.5. The smallest absolute Gasteiger partial charge is 0.341 e. The molecule has 0 aliphatic rings. The molecule has 2 N–H and O–H groups in total. The Kier molecular flexibility index (Phi) is 6.60. The van der Waals surface area contributed by atoms with Crippen LogP contribution in [0, 0.1) is 6.92 Å². The third-order valence-corrected chi connectivity index (χ3v) is 3.75. The van der Waals surface area contributed by atoms with Crippen LogP contribution in [-0.2, 0) is 9.59 Å². The monoisotopic (exact) mass is 357 g/mol. The van der Waals surface area contributed by atoms with E-state index in [1.165, 1.54) is 5.56 Å². The van der Waals surface area contributed by atoms with Gasteiger partial charge in [-0.15, -0.1) is 0 Å². The summed E-state index contributed by atoms with van der Waals surface area (Å²) in [5.41, 5.74) is 2.60. The van der Waals surface area contributed by atoms with Crippen molar-refractivity contribution >= 4 is 17.6 Å². The zero-order valence-corrected chi connectivity index (χ0v) is 15.1. The fourth-order valence-electron chi connectivity index (χ4n) is 2.30. The van der Waals surface area contributed by atoms with Gasteiger partial charge < -0.3 is 19.9 Å². The van der Waals surface area contributed by atoms with Gasteiger partial charge in [0.15, 0.2) is 13.2 Å². The third kappa shape index (κ3) is 5.81. The second-order valence-corrected chi connectivity index (χ2v) is 6.22. The summed E-state index contributed by atoms with van der Waals surface area (Å²) < 4.78 is 10.6. The highest BCUT2D eigenvalue weighted by molar-refractivity contribution is 5.92. The van der Waals surface area contributed by atoms with Crippen molar-refractivity contribution in [2.45, 2.75) is 26.7 Å². The Hall–Kier alpha value is -3.02. The summed E-state index contributed by atoms with van der Waals surface area (Å²) in [4.78, 5) is 22.6. The lowest BCUT2D eigenvalue weighted by Crippen LogP contribution is -2.20. The van der Waals surface area contributed by atoms with Gasteiger partial charge in [0.25, 0.3) is 5.91 Å². The van der Waals surface area contributed by atoms with Gasteiger partial charge in [-0.2, -0.15) is 0 Å². The Balaban J connectivity index is 1.88. The SMILES string of the molecule is Cc1cc(OCC(=O)O)ccc1NC(=O)COc1ccc(C(C)C)cc1. The molecule has 0 atom stereocenters. The summed E-state index contributed by atoms with van der Waals surface area (Å²) in [6.45, 7) is 5.52. The van der Waals surface area contributed by atoms with Gasteiger partial charge in [0.05, 0.1) is 0 Å². The van der Waals surface area contributed by atoms with Crippen LogP contribution in [0.25, 0.3) is 0 Å². The lowest BCUT2D eigenvalue weighted by atomic mass is 10.0. The molecule has 0 saturated carbocycles. The van der Waals surface area contributed by atoms with Crippen molar-refractivity contribution in [2.75, 3.05) is 18.5 Å². The molecule has 0 unspecified atom stereocenters. The summed E-state index contributed by atoms with van der Waals surface area (Å²) in [5.74, 6) is 0.194. The first-order valence-corrected chi connectivity index (χ1v) is 8.33. The van der Waals surface area contributed by atoms with Crippen LogP contribution in [0.4, 0.5) is 5.69 Å². The fourth-order valence-corrected chi connectivity index (χ4v) is 2.30. The number of carboxylic acids is 1. The van der Waals surface area contributed by atoms with E-state index in [0.29, 0.717) is 23.1 Å². The standard InChI is InChI=1S/C20H23NO5/c1-13(2)15-4-6-16(7-5-15)25-11-19(22)21-18-9-8-17(10-14(18)3)26-12-20(23)24/h4-10,13H,11-12H2,1-3H3,(H,21,22)(H,23,24). The maximum atomic E-state index is 12.1. The maximum Gasteiger partial charge on any atom is 0.341 e. The number of carbonyl (C=O) groups is 2. The van der Waals surface area contributed by atoms with E-state index in [4.69, 9.17) is 14.6 Å². The minimum atomic E-state index is -1.04. The first-order chi connectivity index (χ1) is 12.3. The molecule has 0 heterocycles. The van der Waals surface area contributed by atoms with E-state index in [2.05, 4.69) is 19.2 Å². The summed E-state index contributed by atoms with van der Waals surface area (Å²) in [6.07, 6.45) is 0. The quantitative estimate of drug-likeness (QED) is 0.754. The normalized spacial score (nSPS) is 10.5. The Morgan fingerprint density at radius 3 is 2.19 bits per heavy atom. The van der Waals surface area contributed by atoms with E-state index in [1.54, 1.807) is 25.1 Å². The second kappa shape index (κ2) is 8.89. The lowest BCUT2D eigenvalue weighted by Gasteiger charge is -2.12. The van der Waals surface area contributed by atoms with Crippen LogP contribution >= 0.6 is 0 Å². The van der Waals surface area contributed by atoms with Crippen LogP contribution in [0.2, 0.25) is 0 Å². The van der Waals surface area contributed by atoms with Crippen LogP contribution in [0.3, 0.4) is 0 Å². The number of carbonyl (C=O) groups excluding carboxylic acids is 1. The van der Waals surface area contributed by atoms with Crippen LogP contribution in [0.1, 0.15) is 30.9 Å². The predicted octanol–water partition coefficient (Wildman–Crippen LogP) is 3.60. The Morgan fingerprint density at radius 2 is 1.62 bits per heavy atom. The van der Waals surface area contributed by atoms with Crippen LogP contribution in [0.15, 0.2) is 42.5 Å². The molecular formula is C20H23NO5. The summed E-state index contributed by atoms with van der Waals surface area (Å²) >= 11 is 0. The molecule has 6 nitrogen and oxygen atoms in total. The average molecular weight is 357 g/mol. The third-order valence-electron chi connectivity index (χ3n) is 3.75. The number of benzene rings is 2. The van der Waals surface area contributed by atoms with Gasteiger partial charge in [-0.05, 0) is 54.3 Å². The van der Waals surface area contributed by atoms with Gasteiger partial charge in [0.2, 0.25) is 0 Å². The molecule has 26 heavy (non-hydrogen) atoms. The molecule has 0 spiro atoms. The van der Waals surface area contributed by atoms with E-state index in [9.17, 15) is 9.59 Å². The molecular weight excluding hydrogens is 334 g/mol. The molecule has 0 radical (unpaired) electrons. The van der Waals surface area contributed by atoms with Crippen molar-refractivity contribution < 1.29 is 24.2 Å². The van der Waals surface area contributed by atoms with Crippen LogP contribution in [-0.4, -0.2) is 30.2 Å². The molecule has 2 aromatic carbocycles. The van der Waals surface area contributed by atoms with Crippen molar-refractivity contribution in [3.05, 3.63) is 53.6 Å². The van der Waals surface area contributed by atoms with Crippen LogP contribution in [0.5, 0.6) is 11.5 Å². The summed E-state index contributed by atoms with van der Waals surface area (Å²) in [6, 6.07) is 12.6. The largest absolute Gasteiger partial charge is 0.484 e. The van der Waals surface area contributed by atoms with E-state index in [1.807, 2.05) is 24.3 Å². The van der Waals surface area contributed by atoms with E-state index < -0.39 is 12.6 Å². The Bertz CT molecular complexity index is 768. The molecule has 0 aliphatic heterocycles. The number of rotatable bonds is 8. The molecule has 0 fully saturated rings. The number of anilines is 1. The van der Waals surface area contributed by atoms with Crippen molar-refractivity contribution in [1.82, 2.24) is 0 Å². The molecule has 0 aromatic heterocycles. The van der Waals surface area contributed by atoms with Crippen molar-refractivity contribution in [3.8, 4) is 11.5 Å². The number of amides is 1. The highest BCUT2D eigenvalue weighted by Crippen LogP contribution is 2.22. The average Bonchev–Trinajstić information content (AvgIpc) is 2.60. The number of aliphatic carboxylic acids is 1. The molecule has 1 amide bonds. The molecule has 0 saturated heterocycles. The lowest BCUT2D eigenvalue weighted by molar-refractivity contribution is -0.139. The molecule has 0 bridgehead atoms. The van der Waals surface area contributed by atoms with Crippen LogP contribution < -0.4 is 14.8 Å². The molecule has 2 aromatic rings. The zero-order chi connectivity index (χ0) is 19.1. The first kappa shape index (κ1) is 19.3. The number of ether oxygens (including phenoxy) is 2. The number of hydrogen-bond acceptors (Lipinski definition) is 4. The number of hydrogen-bond donors (Lipinski definition) is 2. The zero-order valence-electron chi connectivity index (χ0n) is 15.1. The minimum absolute atomic E-state index is 0.0995. The van der Waals surface area contributed by atoms with Gasteiger partial charge in [0, 0.05) is 5.69 Å². The number of carboxylic acid groups (broad SMARTS) is 1. The van der Waals surface area contributed by atoms with Crippen molar-refractivity contribution in [1.29, 1.82) is 0 Å². The fraction of sp³-hybridized carbons (Fsp3) is 0.300. The minimum Gasteiger partial charge on any atom is -0.484 e.